The third kappa shape index (κ3) is 6.88. The van der Waals surface area contributed by atoms with Crippen LogP contribution in [0.2, 0.25) is 0 Å². The second kappa shape index (κ2) is 13.1. The fourth-order valence-electron chi connectivity index (χ4n) is 6.95. The van der Waals surface area contributed by atoms with Gasteiger partial charge in [0.2, 0.25) is 15.9 Å². The van der Waals surface area contributed by atoms with Gasteiger partial charge in [0.15, 0.2) is 0 Å². The first-order chi connectivity index (χ1) is 20.9. The lowest BCUT2D eigenvalue weighted by Gasteiger charge is -2.38. The molecule has 2 N–H and O–H groups in total. The molecule has 0 bridgehead atoms. The number of hydrogen-bond donors (Lipinski definition) is 2. The number of carbonyl (C=O) groups excluding carboxylic acids is 1. The monoisotopic (exact) mass is 604 g/mol. The van der Waals surface area contributed by atoms with Crippen LogP contribution < -0.4 is 19.8 Å². The van der Waals surface area contributed by atoms with Crippen molar-refractivity contribution in [3.63, 3.8) is 0 Å². The number of aryl methyl sites for hydroxylation is 1. The number of benzene rings is 3. The Morgan fingerprint density at radius 2 is 1.53 bits per heavy atom. The van der Waals surface area contributed by atoms with Crippen molar-refractivity contribution in [2.24, 2.45) is 5.92 Å². The molecule has 1 atom stereocenters. The highest BCUT2D eigenvalue weighted by Crippen LogP contribution is 2.35. The Bertz CT molecular complexity index is 1550. The van der Waals surface area contributed by atoms with Crippen molar-refractivity contribution in [1.29, 1.82) is 0 Å². The first kappa shape index (κ1) is 29.6. The molecule has 1 saturated heterocycles. The quantitative estimate of drug-likeness (QED) is 0.295. The Labute approximate surface area is 254 Å². The lowest BCUT2D eigenvalue weighted by atomic mass is 9.88. The zero-order valence-corrected chi connectivity index (χ0v) is 25.4. The van der Waals surface area contributed by atoms with Gasteiger partial charge in [-0.25, -0.2) is 17.5 Å². The van der Waals surface area contributed by atoms with Gasteiger partial charge in [0, 0.05) is 44.3 Å². The predicted octanol–water partition coefficient (Wildman–Crippen LogP) is 6.42. The summed E-state index contributed by atoms with van der Waals surface area (Å²) in [6.07, 6.45) is 8.72. The van der Waals surface area contributed by atoms with E-state index in [0.717, 1.165) is 31.2 Å². The molecular weight excluding hydrogens is 563 g/mol. The molecule has 1 aliphatic heterocycles. The molecule has 3 aliphatic rings. The fraction of sp³-hybridized carbons (Fsp3) is 0.441. The van der Waals surface area contributed by atoms with Gasteiger partial charge in [-0.15, -0.1) is 0 Å². The summed E-state index contributed by atoms with van der Waals surface area (Å²) in [4.78, 5) is 17.0. The van der Waals surface area contributed by atoms with Crippen LogP contribution in [-0.4, -0.2) is 40.5 Å². The van der Waals surface area contributed by atoms with Gasteiger partial charge in [-0.1, -0.05) is 62.1 Å². The summed E-state index contributed by atoms with van der Waals surface area (Å²) in [7, 11) is -3.96. The maximum Gasteiger partial charge on any atom is 0.243 e. The minimum Gasteiger partial charge on any atom is -0.367 e. The van der Waals surface area contributed by atoms with Crippen molar-refractivity contribution >= 4 is 33.0 Å². The van der Waals surface area contributed by atoms with E-state index in [1.165, 1.54) is 37.3 Å². The second-order valence-electron chi connectivity index (χ2n) is 12.1. The van der Waals surface area contributed by atoms with Crippen molar-refractivity contribution in [3.8, 4) is 0 Å². The molecule has 1 heterocycles. The smallest absolute Gasteiger partial charge is 0.243 e. The van der Waals surface area contributed by atoms with Gasteiger partial charge in [0.1, 0.15) is 10.7 Å². The van der Waals surface area contributed by atoms with Crippen LogP contribution in [0.4, 0.5) is 21.5 Å². The number of piperazine rings is 1. The van der Waals surface area contributed by atoms with Crippen LogP contribution in [0.5, 0.6) is 0 Å². The number of halogens is 1. The number of amides is 1. The molecule has 228 valence electrons. The number of rotatable bonds is 9. The average molecular weight is 605 g/mol. The third-order valence-corrected chi connectivity index (χ3v) is 10.8. The molecule has 0 radical (unpaired) electrons. The minimum atomic E-state index is -3.96. The molecule has 2 aliphatic carbocycles. The van der Waals surface area contributed by atoms with E-state index in [1.54, 1.807) is 30.3 Å². The van der Waals surface area contributed by atoms with Gasteiger partial charge in [-0.05, 0) is 73.1 Å². The SMILES string of the molecule is O=C(CCC1CCCC1)Nc1ccc(N2CCN(c3ccccc3F)CC2)c(S(=O)(=O)NC2CCCc3ccccc32)c1. The van der Waals surface area contributed by atoms with Crippen molar-refractivity contribution in [3.05, 3.63) is 83.7 Å². The molecule has 43 heavy (non-hydrogen) atoms. The van der Waals surface area contributed by atoms with E-state index in [2.05, 4.69) is 16.1 Å². The number of sulfonamides is 1. The molecule has 2 fully saturated rings. The summed E-state index contributed by atoms with van der Waals surface area (Å²) in [5.74, 6) is 0.259. The number of fused-ring (bicyclic) bond motifs is 1. The van der Waals surface area contributed by atoms with E-state index in [1.807, 2.05) is 34.1 Å². The van der Waals surface area contributed by atoms with Crippen LogP contribution in [0, 0.1) is 11.7 Å². The highest BCUT2D eigenvalue weighted by Gasteiger charge is 2.30. The Balaban J connectivity index is 1.24. The van der Waals surface area contributed by atoms with Gasteiger partial charge in [0.05, 0.1) is 11.4 Å². The molecule has 0 aromatic heterocycles. The highest BCUT2D eigenvalue weighted by atomic mass is 32.2. The highest BCUT2D eigenvalue weighted by molar-refractivity contribution is 7.89. The third-order valence-electron chi connectivity index (χ3n) is 9.27. The number of anilines is 3. The average Bonchev–Trinajstić information content (AvgIpc) is 3.55. The minimum absolute atomic E-state index is 0.0873. The molecule has 1 amide bonds. The molecule has 1 unspecified atom stereocenters. The van der Waals surface area contributed by atoms with E-state index in [4.69, 9.17) is 0 Å². The Morgan fingerprint density at radius 1 is 0.837 bits per heavy atom. The summed E-state index contributed by atoms with van der Waals surface area (Å²) in [5, 5.41) is 2.96. The first-order valence-electron chi connectivity index (χ1n) is 15.7. The zero-order valence-electron chi connectivity index (χ0n) is 24.6. The van der Waals surface area contributed by atoms with Crippen molar-refractivity contribution in [1.82, 2.24) is 4.72 Å². The predicted molar refractivity (Wildman–Crippen MR) is 170 cm³/mol. The van der Waals surface area contributed by atoms with E-state index < -0.39 is 10.0 Å². The molecular formula is C34H41FN4O3S. The van der Waals surface area contributed by atoms with Crippen molar-refractivity contribution in [2.75, 3.05) is 41.3 Å². The Kier molecular flexibility index (Phi) is 9.00. The molecule has 0 spiro atoms. The summed E-state index contributed by atoms with van der Waals surface area (Å²) >= 11 is 0. The summed E-state index contributed by atoms with van der Waals surface area (Å²) in [6.45, 7) is 2.19. The van der Waals surface area contributed by atoms with E-state index >= 15 is 0 Å². The summed E-state index contributed by atoms with van der Waals surface area (Å²) in [6, 6.07) is 19.6. The number of nitrogens with one attached hydrogen (secondary N) is 2. The van der Waals surface area contributed by atoms with Crippen LogP contribution >= 0.6 is 0 Å². The first-order valence-corrected chi connectivity index (χ1v) is 17.1. The lowest BCUT2D eigenvalue weighted by Crippen LogP contribution is -2.47. The van der Waals surface area contributed by atoms with Gasteiger partial charge < -0.3 is 15.1 Å². The van der Waals surface area contributed by atoms with Gasteiger partial charge in [-0.3, -0.25) is 4.79 Å². The van der Waals surface area contributed by atoms with E-state index in [9.17, 15) is 17.6 Å². The van der Waals surface area contributed by atoms with E-state index in [0.29, 0.717) is 55.6 Å². The molecule has 3 aromatic carbocycles. The van der Waals surface area contributed by atoms with Crippen LogP contribution in [0.25, 0.3) is 0 Å². The molecule has 9 heteroatoms. The summed E-state index contributed by atoms with van der Waals surface area (Å²) in [5.41, 5.74) is 3.83. The Hall–Kier alpha value is -3.43. The molecule has 6 rings (SSSR count). The zero-order chi connectivity index (χ0) is 29.8. The van der Waals surface area contributed by atoms with Gasteiger partial charge >= 0.3 is 0 Å². The fourth-order valence-corrected chi connectivity index (χ4v) is 8.45. The lowest BCUT2D eigenvalue weighted by molar-refractivity contribution is -0.116. The topological polar surface area (TPSA) is 81.8 Å². The maximum atomic E-state index is 14.5. The number of para-hydroxylation sites is 1. The van der Waals surface area contributed by atoms with Crippen molar-refractivity contribution in [2.45, 2.75) is 68.7 Å². The van der Waals surface area contributed by atoms with Crippen LogP contribution in [-0.2, 0) is 21.2 Å². The molecule has 1 saturated carbocycles. The van der Waals surface area contributed by atoms with Crippen LogP contribution in [0.3, 0.4) is 0 Å². The van der Waals surface area contributed by atoms with E-state index in [-0.39, 0.29) is 22.7 Å². The molecule has 3 aromatic rings. The van der Waals surface area contributed by atoms with Gasteiger partial charge in [-0.2, -0.15) is 0 Å². The van der Waals surface area contributed by atoms with Gasteiger partial charge in [0.25, 0.3) is 0 Å². The largest absolute Gasteiger partial charge is 0.367 e. The van der Waals surface area contributed by atoms with Crippen LogP contribution in [0.1, 0.15) is 68.5 Å². The van der Waals surface area contributed by atoms with Crippen molar-refractivity contribution < 1.29 is 17.6 Å². The second-order valence-corrected chi connectivity index (χ2v) is 13.8. The Morgan fingerprint density at radius 3 is 2.30 bits per heavy atom. The normalized spacial score (nSPS) is 19.3. The number of nitrogens with zero attached hydrogens (tertiary/aromatic N) is 2. The summed E-state index contributed by atoms with van der Waals surface area (Å²) < 4.78 is 45.7. The molecule has 7 nitrogen and oxygen atoms in total. The standard InChI is InChI=1S/C34H41FN4O3S/c35-29-13-5-6-15-31(29)38-20-22-39(23-21-38)32-18-17-27(36-34(40)19-16-25-8-1-2-9-25)24-33(32)43(41,42)37-30-14-7-11-26-10-3-4-12-28(26)30/h3-6,10,12-13,15,17-18,24-25,30,37H,1-2,7-9,11,14,16,19-23H2,(H,36,40). The van der Waals surface area contributed by atoms with Crippen LogP contribution in [0.15, 0.2) is 71.6 Å². The number of carbonyl (C=O) groups is 1. The number of hydrogen-bond acceptors (Lipinski definition) is 5. The maximum absolute atomic E-state index is 14.5.